The predicted octanol–water partition coefficient (Wildman–Crippen LogP) is 1.92. The van der Waals surface area contributed by atoms with Crippen LogP contribution in [0.3, 0.4) is 0 Å². The van der Waals surface area contributed by atoms with E-state index in [4.69, 9.17) is 0 Å². The Bertz CT molecular complexity index is 751. The van der Waals surface area contributed by atoms with Gasteiger partial charge in [0, 0.05) is 18.7 Å². The molecular weight excluding hydrogens is 306 g/mol. The average molecular weight is 327 g/mol. The fourth-order valence-electron chi connectivity index (χ4n) is 3.06. The van der Waals surface area contributed by atoms with Crippen LogP contribution in [0, 0.1) is 0 Å². The zero-order valence-electron chi connectivity index (χ0n) is 14.1. The van der Waals surface area contributed by atoms with Gasteiger partial charge >= 0.3 is 6.03 Å². The molecule has 126 valence electrons. The van der Waals surface area contributed by atoms with Gasteiger partial charge in [0.1, 0.15) is 5.54 Å². The van der Waals surface area contributed by atoms with E-state index in [1.807, 2.05) is 4.90 Å². The van der Waals surface area contributed by atoms with Gasteiger partial charge in [-0.2, -0.15) is 0 Å². The first-order chi connectivity index (χ1) is 11.3. The van der Waals surface area contributed by atoms with E-state index in [1.54, 1.807) is 31.2 Å². The second-order valence-electron chi connectivity index (χ2n) is 6.65. The fraction of sp³-hybridized carbons (Fsp3) is 0.389. The van der Waals surface area contributed by atoms with E-state index in [1.165, 1.54) is 11.1 Å². The van der Waals surface area contributed by atoms with Gasteiger partial charge in [-0.3, -0.25) is 14.9 Å². The lowest BCUT2D eigenvalue weighted by Crippen LogP contribution is -2.40. The lowest BCUT2D eigenvalue weighted by molar-refractivity contribution is -0.123. The van der Waals surface area contributed by atoms with Gasteiger partial charge in [-0.05, 0) is 44.9 Å². The topological polar surface area (TPSA) is 78.5 Å². The minimum absolute atomic E-state index is 0.0153. The van der Waals surface area contributed by atoms with Crippen LogP contribution in [-0.2, 0) is 10.3 Å². The summed E-state index contributed by atoms with van der Waals surface area (Å²) in [4.78, 5) is 37.8. The monoisotopic (exact) mass is 327 g/mol. The molecule has 0 aliphatic carbocycles. The molecule has 1 unspecified atom stereocenters. The molecule has 3 rings (SSSR count). The normalized spacial score (nSPS) is 24.0. The van der Waals surface area contributed by atoms with Crippen molar-refractivity contribution in [2.24, 2.45) is 0 Å². The molecule has 1 aromatic carbocycles. The molecule has 2 heterocycles. The molecule has 1 saturated heterocycles. The number of nitrogens with one attached hydrogen (secondary N) is 2. The zero-order chi connectivity index (χ0) is 17.5. The Hall–Kier alpha value is -2.63. The van der Waals surface area contributed by atoms with E-state index in [-0.39, 0.29) is 11.8 Å². The van der Waals surface area contributed by atoms with Gasteiger partial charge in [-0.25, -0.2) is 4.79 Å². The highest BCUT2D eigenvalue weighted by atomic mass is 16.2. The highest BCUT2D eigenvalue weighted by molar-refractivity contribution is 6.07. The molecule has 2 aliphatic heterocycles. The summed E-state index contributed by atoms with van der Waals surface area (Å²) in [5, 5.41) is 4.85. The van der Waals surface area contributed by atoms with Crippen LogP contribution < -0.4 is 10.6 Å². The first kappa shape index (κ1) is 16.2. The standard InChI is InChI=1S/C18H21N3O3/c1-11-8-9-21(10-12(11)2)15(22)13-4-6-14(7-5-13)18(3)16(23)19-17(24)20-18/h4-7H,8-10H2,1-3H3,(H2,19,20,23,24). The summed E-state index contributed by atoms with van der Waals surface area (Å²) in [6.07, 6.45) is 0.903. The first-order valence-electron chi connectivity index (χ1n) is 8.00. The molecule has 1 fully saturated rings. The SMILES string of the molecule is CC1=C(C)CN(C(=O)c2ccc(C3(C)NC(=O)NC3=O)cc2)CC1. The molecule has 24 heavy (non-hydrogen) atoms. The Morgan fingerprint density at radius 3 is 2.33 bits per heavy atom. The molecule has 0 saturated carbocycles. The molecule has 2 N–H and O–H groups in total. The van der Waals surface area contributed by atoms with Crippen LogP contribution in [0.5, 0.6) is 0 Å². The number of imide groups is 1. The molecule has 0 aromatic heterocycles. The van der Waals surface area contributed by atoms with Crippen molar-refractivity contribution >= 4 is 17.8 Å². The van der Waals surface area contributed by atoms with E-state index in [2.05, 4.69) is 24.5 Å². The Labute approximate surface area is 140 Å². The molecule has 0 radical (unpaired) electrons. The summed E-state index contributed by atoms with van der Waals surface area (Å²) < 4.78 is 0. The van der Waals surface area contributed by atoms with Crippen molar-refractivity contribution in [2.45, 2.75) is 32.7 Å². The Morgan fingerprint density at radius 1 is 1.12 bits per heavy atom. The van der Waals surface area contributed by atoms with Crippen molar-refractivity contribution in [1.82, 2.24) is 15.5 Å². The van der Waals surface area contributed by atoms with Crippen LogP contribution in [0.2, 0.25) is 0 Å². The Balaban J connectivity index is 1.79. The number of benzene rings is 1. The largest absolute Gasteiger partial charge is 0.334 e. The van der Waals surface area contributed by atoms with Crippen molar-refractivity contribution in [3.05, 3.63) is 46.5 Å². The molecule has 6 nitrogen and oxygen atoms in total. The predicted molar refractivity (Wildman–Crippen MR) is 89.4 cm³/mol. The van der Waals surface area contributed by atoms with E-state index in [0.29, 0.717) is 17.7 Å². The summed E-state index contributed by atoms with van der Waals surface area (Å²) in [5.74, 6) is -0.405. The maximum absolute atomic E-state index is 12.6. The molecule has 4 amide bonds. The lowest BCUT2D eigenvalue weighted by atomic mass is 9.91. The number of amides is 4. The number of nitrogens with zero attached hydrogens (tertiary/aromatic N) is 1. The third kappa shape index (κ3) is 2.68. The number of rotatable bonds is 2. The van der Waals surface area contributed by atoms with E-state index in [0.717, 1.165) is 13.0 Å². The zero-order valence-corrected chi connectivity index (χ0v) is 14.1. The van der Waals surface area contributed by atoms with Crippen LogP contribution in [-0.4, -0.2) is 35.8 Å². The number of hydrogen-bond acceptors (Lipinski definition) is 3. The fourth-order valence-corrected chi connectivity index (χ4v) is 3.06. The van der Waals surface area contributed by atoms with E-state index < -0.39 is 11.6 Å². The second kappa shape index (κ2) is 5.78. The third-order valence-corrected chi connectivity index (χ3v) is 4.95. The highest BCUT2D eigenvalue weighted by Crippen LogP contribution is 2.25. The van der Waals surface area contributed by atoms with Gasteiger partial charge in [0.2, 0.25) is 0 Å². The number of hydrogen-bond donors (Lipinski definition) is 2. The second-order valence-corrected chi connectivity index (χ2v) is 6.65. The van der Waals surface area contributed by atoms with Crippen molar-refractivity contribution < 1.29 is 14.4 Å². The van der Waals surface area contributed by atoms with Crippen LogP contribution in [0.4, 0.5) is 4.79 Å². The molecule has 1 aromatic rings. The third-order valence-electron chi connectivity index (χ3n) is 4.95. The van der Waals surface area contributed by atoms with Crippen LogP contribution >= 0.6 is 0 Å². The molecule has 0 spiro atoms. The van der Waals surface area contributed by atoms with Crippen molar-refractivity contribution in [3.8, 4) is 0 Å². The van der Waals surface area contributed by atoms with E-state index >= 15 is 0 Å². The van der Waals surface area contributed by atoms with Gasteiger partial charge in [-0.1, -0.05) is 23.3 Å². The number of urea groups is 1. The Morgan fingerprint density at radius 2 is 1.79 bits per heavy atom. The summed E-state index contributed by atoms with van der Waals surface area (Å²) >= 11 is 0. The molecule has 1 atom stereocenters. The molecular formula is C18H21N3O3. The minimum atomic E-state index is -1.10. The van der Waals surface area contributed by atoms with Crippen molar-refractivity contribution in [1.29, 1.82) is 0 Å². The van der Waals surface area contributed by atoms with Gasteiger partial charge in [0.15, 0.2) is 0 Å². The lowest BCUT2D eigenvalue weighted by Gasteiger charge is -2.29. The van der Waals surface area contributed by atoms with Gasteiger partial charge in [0.25, 0.3) is 11.8 Å². The minimum Gasteiger partial charge on any atom is -0.334 e. The maximum atomic E-state index is 12.6. The first-order valence-corrected chi connectivity index (χ1v) is 8.00. The van der Waals surface area contributed by atoms with Gasteiger partial charge in [0.05, 0.1) is 0 Å². The van der Waals surface area contributed by atoms with Crippen LogP contribution in [0.15, 0.2) is 35.4 Å². The maximum Gasteiger partial charge on any atom is 0.322 e. The summed E-state index contributed by atoms with van der Waals surface area (Å²) in [6, 6.07) is 6.35. The van der Waals surface area contributed by atoms with Gasteiger partial charge in [-0.15, -0.1) is 0 Å². The summed E-state index contributed by atoms with van der Waals surface area (Å²) in [5.41, 5.74) is 2.72. The highest BCUT2D eigenvalue weighted by Gasteiger charge is 2.43. The molecule has 0 bridgehead atoms. The number of carbonyl (C=O) groups is 3. The average Bonchev–Trinajstić information content (AvgIpc) is 2.83. The Kier molecular flexibility index (Phi) is 3.91. The smallest absolute Gasteiger partial charge is 0.322 e. The quantitative estimate of drug-likeness (QED) is 0.643. The van der Waals surface area contributed by atoms with E-state index in [9.17, 15) is 14.4 Å². The number of carbonyl (C=O) groups excluding carboxylic acids is 3. The molecule has 2 aliphatic rings. The molecule has 6 heteroatoms. The van der Waals surface area contributed by atoms with Crippen LogP contribution in [0.25, 0.3) is 0 Å². The van der Waals surface area contributed by atoms with Crippen molar-refractivity contribution in [2.75, 3.05) is 13.1 Å². The summed E-state index contributed by atoms with van der Waals surface area (Å²) in [7, 11) is 0. The summed E-state index contributed by atoms with van der Waals surface area (Å²) in [6.45, 7) is 7.18. The van der Waals surface area contributed by atoms with Crippen molar-refractivity contribution in [3.63, 3.8) is 0 Å². The van der Waals surface area contributed by atoms with Crippen LogP contribution in [0.1, 0.15) is 43.1 Å². The van der Waals surface area contributed by atoms with Gasteiger partial charge < -0.3 is 10.2 Å².